The Labute approximate surface area is 533 Å². The van der Waals surface area contributed by atoms with Crippen molar-refractivity contribution < 1.29 is 65.7 Å². The van der Waals surface area contributed by atoms with Crippen molar-refractivity contribution in [1.82, 2.24) is 39.4 Å². The van der Waals surface area contributed by atoms with E-state index < -0.39 is 44.9 Å². The van der Waals surface area contributed by atoms with Crippen LogP contribution >= 0.6 is 0 Å². The lowest BCUT2D eigenvalue weighted by molar-refractivity contribution is -0.175. The Morgan fingerprint density at radius 1 is 0.891 bits per heavy atom. The number of carbonyl (C=O) groups excluding carboxylic acids is 7. The number of benzene rings is 2. The Hall–Kier alpha value is -8.90. The van der Waals surface area contributed by atoms with Gasteiger partial charge in [-0.2, -0.15) is 0 Å². The predicted octanol–water partition coefficient (Wildman–Crippen LogP) is 6.47. The molecular weight excluding hydrogens is 1200 g/mol. The highest BCUT2D eigenvalue weighted by Gasteiger charge is 2.51. The quantitative estimate of drug-likeness (QED) is 0.0189. The molecule has 0 bridgehead atoms. The number of esters is 1. The normalized spacial score (nSPS) is 14.3. The molecule has 6 heterocycles. The molecule has 2 aromatic carbocycles. The number of ketones is 3. The van der Waals surface area contributed by atoms with E-state index in [1.807, 2.05) is 38.1 Å². The third-order valence-electron chi connectivity index (χ3n) is 15.9. The van der Waals surface area contributed by atoms with Crippen LogP contribution in [0.1, 0.15) is 137 Å². The number of pyridine rings is 2. The fourth-order valence-corrected chi connectivity index (χ4v) is 11.5. The first-order chi connectivity index (χ1) is 44.2. The van der Waals surface area contributed by atoms with E-state index in [0.717, 1.165) is 22.8 Å². The van der Waals surface area contributed by atoms with Crippen LogP contribution in [0.25, 0.3) is 22.3 Å². The number of anilines is 1. The molecule has 2 aliphatic heterocycles. The number of unbranched alkanes of at least 4 members (excludes halogenated alkanes) is 2. The summed E-state index contributed by atoms with van der Waals surface area (Å²) in [5, 5.41) is 11.7. The summed E-state index contributed by atoms with van der Waals surface area (Å²) >= 11 is 0. The van der Waals surface area contributed by atoms with Crippen molar-refractivity contribution in [2.24, 2.45) is 11.7 Å². The fourth-order valence-electron chi connectivity index (χ4n) is 11.1. The van der Waals surface area contributed by atoms with E-state index in [1.54, 1.807) is 64.5 Å². The van der Waals surface area contributed by atoms with Gasteiger partial charge in [-0.15, -0.1) is 5.10 Å². The number of aryl methyl sites for hydroxylation is 1. The van der Waals surface area contributed by atoms with Gasteiger partial charge in [-0.05, 0) is 101 Å². The molecule has 0 saturated heterocycles. The largest absolute Gasteiger partial charge is 0.510 e. The number of aromatic nitrogens is 7. The SMILES string of the molecule is CC[C@@]1(OC(=O)OCc2ccc(NC(=O)[C@H](CCCCN)CC(=O)COCC(=O)CCCOCCn3cc(CCC(=O)CCCC#Cc4cnc(S(C)(=O)=O)nc4)nn3)cc2)C(=O)OCc2c1cc1n(c2=O)Cc2c-1nc1ccccc1c2CCN(C(C)=O)C(C)C. The van der Waals surface area contributed by atoms with Gasteiger partial charge < -0.3 is 44.2 Å². The van der Waals surface area contributed by atoms with Crippen LogP contribution in [-0.2, 0) is 107 Å². The number of carbonyl (C=O) groups is 7. The number of ether oxygens (including phenoxy) is 5. The molecule has 0 saturated carbocycles. The van der Waals surface area contributed by atoms with Crippen LogP contribution in [0.2, 0.25) is 0 Å². The van der Waals surface area contributed by atoms with Crippen LogP contribution in [0.15, 0.2) is 83.1 Å². The summed E-state index contributed by atoms with van der Waals surface area (Å²) in [6.45, 7) is 7.97. The second-order valence-corrected chi connectivity index (χ2v) is 25.0. The van der Waals surface area contributed by atoms with Crippen molar-refractivity contribution in [2.45, 2.75) is 154 Å². The minimum atomic E-state index is -3.49. The Balaban J connectivity index is 0.743. The number of nitrogens with two attached hydrogens (primary N) is 1. The Kier molecular flexibility index (Phi) is 24.3. The summed E-state index contributed by atoms with van der Waals surface area (Å²) < 4.78 is 54.4. The van der Waals surface area contributed by atoms with Crippen LogP contribution in [0.5, 0.6) is 0 Å². The van der Waals surface area contributed by atoms with Crippen molar-refractivity contribution in [2.75, 3.05) is 51.1 Å². The van der Waals surface area contributed by atoms with E-state index in [2.05, 4.69) is 37.4 Å². The lowest BCUT2D eigenvalue weighted by Gasteiger charge is -2.35. The van der Waals surface area contributed by atoms with E-state index in [9.17, 15) is 46.8 Å². The number of nitrogens with zero attached hydrogens (tertiary/aromatic N) is 8. The van der Waals surface area contributed by atoms with Gasteiger partial charge in [-0.25, -0.2) is 37.6 Å². The molecule has 2 aliphatic rings. The molecule has 26 heteroatoms. The van der Waals surface area contributed by atoms with Crippen molar-refractivity contribution in [3.63, 3.8) is 0 Å². The van der Waals surface area contributed by atoms with Crippen molar-refractivity contribution in [3.8, 4) is 23.2 Å². The van der Waals surface area contributed by atoms with E-state index in [4.69, 9.17) is 34.4 Å². The molecule has 0 unspecified atom stereocenters. The first-order valence-electron chi connectivity index (χ1n) is 30.9. The summed E-state index contributed by atoms with van der Waals surface area (Å²) in [5.41, 5.74) is 9.20. The number of nitrogens with one attached hydrogen (secondary N) is 1. The van der Waals surface area contributed by atoms with Gasteiger partial charge in [0.25, 0.3) is 5.56 Å². The first kappa shape index (κ1) is 69.0. The summed E-state index contributed by atoms with van der Waals surface area (Å²) in [5.74, 6) is 3.31. The van der Waals surface area contributed by atoms with Crippen LogP contribution < -0.4 is 16.6 Å². The van der Waals surface area contributed by atoms with Crippen LogP contribution in [0.3, 0.4) is 0 Å². The van der Waals surface area contributed by atoms with Crippen molar-refractivity contribution >= 4 is 67.7 Å². The Morgan fingerprint density at radius 2 is 1.64 bits per heavy atom. The number of fused-ring (bicyclic) bond motifs is 5. The molecule has 25 nitrogen and oxygen atoms in total. The molecule has 92 heavy (non-hydrogen) atoms. The number of sulfone groups is 1. The minimum Gasteiger partial charge on any atom is -0.457 e. The Morgan fingerprint density at radius 3 is 2.37 bits per heavy atom. The maximum Gasteiger partial charge on any atom is 0.510 e. The van der Waals surface area contributed by atoms with Gasteiger partial charge in [0, 0.05) is 111 Å². The van der Waals surface area contributed by atoms with E-state index in [1.165, 1.54) is 12.4 Å². The van der Waals surface area contributed by atoms with Gasteiger partial charge in [0.15, 0.2) is 11.6 Å². The highest BCUT2D eigenvalue weighted by molar-refractivity contribution is 7.90. The first-order valence-corrected chi connectivity index (χ1v) is 32.8. The topological polar surface area (TPSA) is 332 Å². The van der Waals surface area contributed by atoms with Gasteiger partial charge >= 0.3 is 12.1 Å². The highest BCUT2D eigenvalue weighted by atomic mass is 32.2. The van der Waals surface area contributed by atoms with E-state index in [-0.39, 0.29) is 97.8 Å². The summed E-state index contributed by atoms with van der Waals surface area (Å²) in [6, 6.07) is 15.8. The molecule has 0 aliphatic carbocycles. The molecule has 0 spiro atoms. The van der Waals surface area contributed by atoms with Crippen molar-refractivity contribution in [1.29, 1.82) is 0 Å². The molecule has 2 amide bonds. The molecule has 3 N–H and O–H groups in total. The van der Waals surface area contributed by atoms with Crippen molar-refractivity contribution in [3.05, 3.63) is 123 Å². The lowest BCUT2D eigenvalue weighted by atomic mass is 9.85. The summed E-state index contributed by atoms with van der Waals surface area (Å²) in [7, 11) is -3.49. The second kappa shape index (κ2) is 32.4. The smallest absolute Gasteiger partial charge is 0.457 e. The molecule has 6 aromatic rings. The number of Topliss-reactive ketones (excluding diaryl/α,β-unsaturated/α-hetero) is 3. The zero-order valence-electron chi connectivity index (χ0n) is 52.5. The molecule has 2 atom stereocenters. The molecular formula is C66H78N10O15S. The van der Waals surface area contributed by atoms with E-state index >= 15 is 0 Å². The lowest BCUT2D eigenvalue weighted by Crippen LogP contribution is -2.47. The number of hydrogen-bond donors (Lipinski definition) is 2. The third-order valence-corrected chi connectivity index (χ3v) is 16.8. The maximum absolute atomic E-state index is 14.4. The monoisotopic (exact) mass is 1280 g/mol. The molecule has 488 valence electrons. The number of cyclic esters (lactones) is 1. The second-order valence-electron chi connectivity index (χ2n) is 23.1. The average molecular weight is 1280 g/mol. The molecule has 0 fully saturated rings. The van der Waals surface area contributed by atoms with Crippen LogP contribution in [-0.4, -0.2) is 141 Å². The van der Waals surface area contributed by atoms with E-state index in [0.29, 0.717) is 136 Å². The van der Waals surface area contributed by atoms with Gasteiger partial charge in [-0.3, -0.25) is 28.8 Å². The zero-order valence-corrected chi connectivity index (χ0v) is 53.3. The number of rotatable bonds is 34. The predicted molar refractivity (Wildman–Crippen MR) is 336 cm³/mol. The number of amides is 2. The summed E-state index contributed by atoms with van der Waals surface area (Å²) in [4.78, 5) is 120. The standard InChI is InChI=1S/C66H78N10O15S/c1-6-66(57-34-59-60-55(38-76(59)62(82)56(57)42-89-63(66)83)53(27-29-75(43(2)3)44(4)77)54-19-10-11-20-58(54)71-60)91-65(84)90-39-45-21-23-48(24-22-45)70-61(81)47(16-12-13-28-67)33-52(80)41-88-40-51(79)18-14-31-87-32-30-74-37-49(72-73-74)25-26-50(78)17-9-7-8-15-46-35-68-64(69-36-46)92(5,85)86/h10-11,19-24,34-37,43,47H,6-7,9,12-14,16-18,25-33,38-42,67H2,1-5H3,(H,70,81)/t47-,66+/m1/s1. The third kappa shape index (κ3) is 18.2. The maximum atomic E-state index is 14.4. The average Bonchev–Trinajstić information content (AvgIpc) is 1.43. The minimum absolute atomic E-state index is 0.0225. The van der Waals surface area contributed by atoms with Gasteiger partial charge in [0.05, 0.1) is 53.4 Å². The number of para-hydroxylation sites is 1. The molecule has 4 aromatic heterocycles. The molecule has 0 radical (unpaired) electrons. The number of hydrogen-bond acceptors (Lipinski definition) is 21. The summed E-state index contributed by atoms with van der Waals surface area (Å²) in [6.07, 6.45) is 8.97. The Bertz CT molecular complexity index is 3910. The van der Waals surface area contributed by atoms with Crippen LogP contribution in [0, 0.1) is 17.8 Å². The van der Waals surface area contributed by atoms with Gasteiger partial charge in [0.1, 0.15) is 32.2 Å². The van der Waals surface area contributed by atoms with Crippen LogP contribution in [0.4, 0.5) is 10.5 Å². The molecule has 8 rings (SSSR count). The van der Waals surface area contributed by atoms with Gasteiger partial charge in [0.2, 0.25) is 32.4 Å². The fraction of sp³-hybridized carbons (Fsp3) is 0.470. The van der Waals surface area contributed by atoms with Gasteiger partial charge in [-0.1, -0.05) is 60.7 Å². The zero-order chi connectivity index (χ0) is 66.0. The highest BCUT2D eigenvalue weighted by Crippen LogP contribution is 2.42.